The molecule has 0 unspecified atom stereocenters. The highest BCUT2D eigenvalue weighted by atomic mass is 15.2. The molecule has 1 aromatic heterocycles. The molecule has 0 amide bonds. The maximum absolute atomic E-state index is 5.29. The zero-order valence-corrected chi connectivity index (χ0v) is 28.4. The zero-order valence-electron chi connectivity index (χ0n) is 28.4. The highest BCUT2D eigenvalue weighted by molar-refractivity contribution is 6.22. The minimum atomic E-state index is -0.494. The molecule has 0 aliphatic heterocycles. The summed E-state index contributed by atoms with van der Waals surface area (Å²) in [5.41, 5.74) is 12.6. The normalized spacial score (nSPS) is 13.7. The van der Waals surface area contributed by atoms with Gasteiger partial charge in [0.15, 0.2) is 0 Å². The molecule has 1 aliphatic rings. The standard InChI is InChI=1S/C48H35N3/c1-33(35-19-7-3-8-20-35)49-47(50-34(2)36-21-9-4-10-22-36)51-43-30-18-16-28-40(43)46-44(51)32-31-42-45(46)39-27-15-17-29-41(39)48(42,37-23-11-5-12-24-37)38-25-13-6-14-26-38/h3-32H,1H2,2H3/b49-47+,50-34+. The molecule has 1 heterocycles. The lowest BCUT2D eigenvalue weighted by molar-refractivity contribution is 0.769. The lowest BCUT2D eigenvalue weighted by Gasteiger charge is -2.33. The second-order valence-electron chi connectivity index (χ2n) is 13.1. The van der Waals surface area contributed by atoms with Crippen LogP contribution < -0.4 is 0 Å². The van der Waals surface area contributed by atoms with E-state index in [1.54, 1.807) is 0 Å². The van der Waals surface area contributed by atoms with E-state index in [0.717, 1.165) is 33.3 Å². The number of hydrogen-bond acceptors (Lipinski definition) is 1. The summed E-state index contributed by atoms with van der Waals surface area (Å²) in [7, 11) is 0. The number of aliphatic imine (C=N–C) groups is 2. The van der Waals surface area contributed by atoms with Crippen molar-refractivity contribution in [3.63, 3.8) is 0 Å². The number of aromatic nitrogens is 1. The highest BCUT2D eigenvalue weighted by Crippen LogP contribution is 2.58. The van der Waals surface area contributed by atoms with E-state index in [4.69, 9.17) is 9.98 Å². The Morgan fingerprint density at radius 3 is 1.73 bits per heavy atom. The lowest BCUT2D eigenvalue weighted by atomic mass is 9.67. The fourth-order valence-corrected chi connectivity index (χ4v) is 8.04. The predicted octanol–water partition coefficient (Wildman–Crippen LogP) is 11.5. The van der Waals surface area contributed by atoms with Gasteiger partial charge in [0.05, 0.1) is 22.1 Å². The van der Waals surface area contributed by atoms with Crippen molar-refractivity contribution in [1.29, 1.82) is 0 Å². The van der Waals surface area contributed by atoms with Gasteiger partial charge in [-0.1, -0.05) is 176 Å². The fraction of sp³-hybridized carbons (Fsp3) is 0.0417. The number of fused-ring (bicyclic) bond motifs is 7. The molecular weight excluding hydrogens is 619 g/mol. The van der Waals surface area contributed by atoms with Crippen molar-refractivity contribution >= 4 is 39.2 Å². The predicted molar refractivity (Wildman–Crippen MR) is 214 cm³/mol. The average Bonchev–Trinajstić information content (AvgIpc) is 3.70. The first-order chi connectivity index (χ1) is 25.2. The summed E-state index contributed by atoms with van der Waals surface area (Å²) < 4.78 is 2.22. The minimum absolute atomic E-state index is 0.494. The minimum Gasteiger partial charge on any atom is -0.278 e. The molecule has 0 fully saturated rings. The monoisotopic (exact) mass is 653 g/mol. The summed E-state index contributed by atoms with van der Waals surface area (Å²) in [6.07, 6.45) is 0. The van der Waals surface area contributed by atoms with Crippen LogP contribution in [0.15, 0.2) is 199 Å². The molecule has 0 radical (unpaired) electrons. The van der Waals surface area contributed by atoms with Crippen molar-refractivity contribution in [2.75, 3.05) is 0 Å². The molecule has 3 nitrogen and oxygen atoms in total. The van der Waals surface area contributed by atoms with Crippen LogP contribution in [0.2, 0.25) is 0 Å². The molecule has 1 aliphatic carbocycles. The van der Waals surface area contributed by atoms with Gasteiger partial charge in [0.1, 0.15) is 0 Å². The maximum atomic E-state index is 5.29. The Kier molecular flexibility index (Phi) is 7.40. The Hall–Kier alpha value is -6.58. The maximum Gasteiger partial charge on any atom is 0.235 e. The van der Waals surface area contributed by atoms with E-state index in [1.807, 2.05) is 55.5 Å². The molecule has 51 heavy (non-hydrogen) atoms. The highest BCUT2D eigenvalue weighted by Gasteiger charge is 2.47. The SMILES string of the molecule is C=C(/N=C(\N=C(/C)c1ccccc1)n1c2ccccc2c2c3c(ccc21)C(c1ccccc1)(c1ccccc1)c1ccccc1-3)c1ccccc1. The summed E-state index contributed by atoms with van der Waals surface area (Å²) in [5.74, 6) is 0.569. The van der Waals surface area contributed by atoms with Crippen LogP contribution in [0.4, 0.5) is 0 Å². The van der Waals surface area contributed by atoms with E-state index >= 15 is 0 Å². The zero-order chi connectivity index (χ0) is 34.4. The lowest BCUT2D eigenvalue weighted by Crippen LogP contribution is -2.28. The number of hydrogen-bond donors (Lipinski definition) is 0. The van der Waals surface area contributed by atoms with Gasteiger partial charge in [0.25, 0.3) is 0 Å². The molecule has 0 atom stereocenters. The topological polar surface area (TPSA) is 29.6 Å². The average molecular weight is 654 g/mol. The molecule has 0 saturated carbocycles. The van der Waals surface area contributed by atoms with Crippen molar-refractivity contribution in [2.45, 2.75) is 12.3 Å². The molecule has 0 bridgehead atoms. The molecule has 8 aromatic rings. The molecular formula is C48H35N3. The van der Waals surface area contributed by atoms with Gasteiger partial charge in [0, 0.05) is 16.5 Å². The van der Waals surface area contributed by atoms with Crippen LogP contribution in [-0.2, 0) is 5.41 Å². The van der Waals surface area contributed by atoms with Crippen molar-refractivity contribution in [3.8, 4) is 11.1 Å². The van der Waals surface area contributed by atoms with Gasteiger partial charge in [-0.15, -0.1) is 0 Å². The Bertz CT molecular complexity index is 2590. The summed E-state index contributed by atoms with van der Waals surface area (Å²) in [6, 6.07) is 64.5. The van der Waals surface area contributed by atoms with Gasteiger partial charge in [-0.2, -0.15) is 0 Å². The van der Waals surface area contributed by atoms with Gasteiger partial charge in [0.2, 0.25) is 5.96 Å². The van der Waals surface area contributed by atoms with Crippen molar-refractivity contribution in [1.82, 2.24) is 4.57 Å². The molecule has 9 rings (SSSR count). The van der Waals surface area contributed by atoms with Crippen LogP contribution in [0.25, 0.3) is 38.6 Å². The Morgan fingerprint density at radius 2 is 1.06 bits per heavy atom. The van der Waals surface area contributed by atoms with E-state index in [2.05, 4.69) is 145 Å². The summed E-state index contributed by atoms with van der Waals surface area (Å²) >= 11 is 0. The molecule has 242 valence electrons. The van der Waals surface area contributed by atoms with Gasteiger partial charge < -0.3 is 0 Å². The van der Waals surface area contributed by atoms with Gasteiger partial charge in [-0.25, -0.2) is 9.98 Å². The van der Waals surface area contributed by atoms with Crippen molar-refractivity contribution in [2.24, 2.45) is 9.98 Å². The number of benzene rings is 7. The Labute approximate surface area is 298 Å². The van der Waals surface area contributed by atoms with Crippen LogP contribution in [0.3, 0.4) is 0 Å². The summed E-state index contributed by atoms with van der Waals surface area (Å²) in [6.45, 7) is 6.47. The molecule has 0 saturated heterocycles. The second-order valence-corrected chi connectivity index (χ2v) is 13.1. The third-order valence-corrected chi connectivity index (χ3v) is 10.3. The Morgan fingerprint density at radius 1 is 0.510 bits per heavy atom. The van der Waals surface area contributed by atoms with Gasteiger partial charge in [-0.3, -0.25) is 4.57 Å². The van der Waals surface area contributed by atoms with Crippen LogP contribution in [0.1, 0.15) is 40.3 Å². The van der Waals surface area contributed by atoms with Crippen molar-refractivity contribution < 1.29 is 0 Å². The first-order valence-corrected chi connectivity index (χ1v) is 17.4. The smallest absolute Gasteiger partial charge is 0.235 e. The molecule has 0 spiro atoms. The van der Waals surface area contributed by atoms with E-state index in [0.29, 0.717) is 11.7 Å². The molecule has 0 N–H and O–H groups in total. The third kappa shape index (κ3) is 4.81. The van der Waals surface area contributed by atoms with Crippen LogP contribution in [-0.4, -0.2) is 16.2 Å². The molecule has 7 aromatic carbocycles. The van der Waals surface area contributed by atoms with Crippen LogP contribution in [0, 0.1) is 0 Å². The van der Waals surface area contributed by atoms with Crippen LogP contribution >= 0.6 is 0 Å². The van der Waals surface area contributed by atoms with E-state index in [9.17, 15) is 0 Å². The van der Waals surface area contributed by atoms with E-state index in [-0.39, 0.29) is 0 Å². The third-order valence-electron chi connectivity index (χ3n) is 10.3. The summed E-state index contributed by atoms with van der Waals surface area (Å²) in [4.78, 5) is 10.5. The Balaban J connectivity index is 1.39. The van der Waals surface area contributed by atoms with Crippen LogP contribution in [0.5, 0.6) is 0 Å². The van der Waals surface area contributed by atoms with Crippen molar-refractivity contribution in [3.05, 3.63) is 222 Å². The fourth-order valence-electron chi connectivity index (χ4n) is 8.04. The molecule has 3 heteroatoms. The van der Waals surface area contributed by atoms with E-state index in [1.165, 1.54) is 38.8 Å². The van der Waals surface area contributed by atoms with E-state index < -0.39 is 5.41 Å². The second kappa shape index (κ2) is 12.4. The van der Waals surface area contributed by atoms with Gasteiger partial charge in [-0.05, 0) is 63.6 Å². The summed E-state index contributed by atoms with van der Waals surface area (Å²) in [5, 5.41) is 2.34. The van der Waals surface area contributed by atoms with Gasteiger partial charge >= 0.3 is 0 Å². The first kappa shape index (κ1) is 30.5. The largest absolute Gasteiger partial charge is 0.278 e. The number of nitrogens with zero attached hydrogens (tertiary/aromatic N) is 3. The number of para-hydroxylation sites is 1. The number of rotatable bonds is 5. The quantitative estimate of drug-likeness (QED) is 0.131. The first-order valence-electron chi connectivity index (χ1n) is 17.4.